The van der Waals surface area contributed by atoms with Crippen molar-refractivity contribution in [2.45, 2.75) is 27.3 Å². The van der Waals surface area contributed by atoms with Crippen molar-refractivity contribution in [2.24, 2.45) is 5.73 Å². The topological polar surface area (TPSA) is 38.9 Å². The number of aromatic nitrogens is 1. The van der Waals surface area contributed by atoms with Crippen molar-refractivity contribution in [3.63, 3.8) is 0 Å². The lowest BCUT2D eigenvalue weighted by Gasteiger charge is -2.15. The number of aryl methyl sites for hydroxylation is 2. The van der Waals surface area contributed by atoms with Crippen LogP contribution in [0.5, 0.6) is 0 Å². The highest BCUT2D eigenvalue weighted by Gasteiger charge is 2.12. The lowest BCUT2D eigenvalue weighted by atomic mass is 9.91. The van der Waals surface area contributed by atoms with E-state index in [0.29, 0.717) is 6.54 Å². The lowest BCUT2D eigenvalue weighted by Crippen LogP contribution is -2.05. The first kappa shape index (κ1) is 11.8. The van der Waals surface area contributed by atoms with Crippen LogP contribution in [0.25, 0.3) is 11.3 Å². The summed E-state index contributed by atoms with van der Waals surface area (Å²) < 4.78 is 0. The molecule has 0 unspecified atom stereocenters. The number of nitrogens with zero attached hydrogens (tertiary/aromatic N) is 1. The second-order valence-corrected chi connectivity index (χ2v) is 4.41. The van der Waals surface area contributed by atoms with Crippen LogP contribution in [0, 0.1) is 20.8 Å². The third kappa shape index (κ3) is 2.08. The van der Waals surface area contributed by atoms with Crippen LogP contribution in [-0.2, 0) is 6.54 Å². The fourth-order valence-corrected chi connectivity index (χ4v) is 2.45. The Morgan fingerprint density at radius 3 is 2.47 bits per heavy atom. The van der Waals surface area contributed by atoms with Gasteiger partial charge in [-0.3, -0.25) is 4.98 Å². The first-order valence-corrected chi connectivity index (χ1v) is 5.86. The third-order valence-electron chi connectivity index (χ3n) is 3.26. The normalized spacial score (nSPS) is 10.6. The molecule has 2 rings (SSSR count). The molecule has 0 amide bonds. The minimum absolute atomic E-state index is 0.581. The van der Waals surface area contributed by atoms with E-state index < -0.39 is 0 Å². The molecule has 0 bridgehead atoms. The van der Waals surface area contributed by atoms with Crippen molar-refractivity contribution in [1.29, 1.82) is 0 Å². The Hall–Kier alpha value is -1.67. The highest BCUT2D eigenvalue weighted by molar-refractivity contribution is 5.70. The molecular formula is C15H18N2. The van der Waals surface area contributed by atoms with Gasteiger partial charge in [-0.25, -0.2) is 0 Å². The number of nitrogens with two attached hydrogens (primary N) is 1. The zero-order chi connectivity index (χ0) is 12.4. The average molecular weight is 226 g/mol. The highest BCUT2D eigenvalue weighted by Crippen LogP contribution is 2.29. The van der Waals surface area contributed by atoms with E-state index in [9.17, 15) is 0 Å². The predicted molar refractivity (Wildman–Crippen MR) is 71.8 cm³/mol. The van der Waals surface area contributed by atoms with Crippen molar-refractivity contribution in [3.8, 4) is 11.3 Å². The quantitative estimate of drug-likeness (QED) is 0.854. The predicted octanol–water partition coefficient (Wildman–Crippen LogP) is 3.13. The summed E-state index contributed by atoms with van der Waals surface area (Å²) in [5.41, 5.74) is 13.1. The van der Waals surface area contributed by atoms with Gasteiger partial charge in [0.05, 0.1) is 5.69 Å². The van der Waals surface area contributed by atoms with Crippen LogP contribution in [0.1, 0.15) is 22.3 Å². The molecule has 0 aliphatic carbocycles. The molecule has 0 atom stereocenters. The summed E-state index contributed by atoms with van der Waals surface area (Å²) in [7, 11) is 0. The van der Waals surface area contributed by atoms with Gasteiger partial charge in [0.2, 0.25) is 0 Å². The summed E-state index contributed by atoms with van der Waals surface area (Å²) in [5.74, 6) is 0. The zero-order valence-electron chi connectivity index (χ0n) is 10.6. The van der Waals surface area contributed by atoms with Gasteiger partial charge in [0.1, 0.15) is 0 Å². The minimum Gasteiger partial charge on any atom is -0.326 e. The van der Waals surface area contributed by atoms with Crippen LogP contribution in [-0.4, -0.2) is 4.98 Å². The molecular weight excluding hydrogens is 208 g/mol. The molecule has 2 nitrogen and oxygen atoms in total. The maximum atomic E-state index is 5.83. The van der Waals surface area contributed by atoms with Crippen molar-refractivity contribution in [2.75, 3.05) is 0 Å². The van der Waals surface area contributed by atoms with Gasteiger partial charge in [-0.1, -0.05) is 12.1 Å². The lowest BCUT2D eigenvalue weighted by molar-refractivity contribution is 1.02. The van der Waals surface area contributed by atoms with Gasteiger partial charge in [0.25, 0.3) is 0 Å². The van der Waals surface area contributed by atoms with E-state index in [-0.39, 0.29) is 0 Å². The smallest absolute Gasteiger partial charge is 0.0707 e. The average Bonchev–Trinajstić information content (AvgIpc) is 2.30. The van der Waals surface area contributed by atoms with Gasteiger partial charge < -0.3 is 5.73 Å². The van der Waals surface area contributed by atoms with E-state index in [4.69, 9.17) is 5.73 Å². The molecule has 88 valence electrons. The molecule has 2 N–H and O–H groups in total. The molecule has 1 heterocycles. The second-order valence-electron chi connectivity index (χ2n) is 4.41. The van der Waals surface area contributed by atoms with Gasteiger partial charge in [-0.2, -0.15) is 0 Å². The van der Waals surface area contributed by atoms with Gasteiger partial charge in [0.15, 0.2) is 0 Å². The van der Waals surface area contributed by atoms with Crippen molar-refractivity contribution < 1.29 is 0 Å². The van der Waals surface area contributed by atoms with E-state index in [2.05, 4.69) is 31.8 Å². The second kappa shape index (κ2) is 4.68. The van der Waals surface area contributed by atoms with Crippen molar-refractivity contribution in [1.82, 2.24) is 4.98 Å². The fraction of sp³-hybridized carbons (Fsp3) is 0.267. The molecule has 0 aliphatic rings. The SMILES string of the molecule is Cc1cc(C)c(-c2ccccn2)c(C)c1CN. The maximum Gasteiger partial charge on any atom is 0.0707 e. The van der Waals surface area contributed by atoms with Crippen molar-refractivity contribution in [3.05, 3.63) is 52.7 Å². The van der Waals surface area contributed by atoms with Gasteiger partial charge in [-0.15, -0.1) is 0 Å². The number of hydrogen-bond donors (Lipinski definition) is 1. The van der Waals surface area contributed by atoms with Crippen molar-refractivity contribution >= 4 is 0 Å². The number of pyridine rings is 1. The molecule has 2 aromatic rings. The molecule has 0 aliphatic heterocycles. The number of rotatable bonds is 2. The van der Waals surface area contributed by atoms with E-state index in [0.717, 1.165) is 5.69 Å². The summed E-state index contributed by atoms with van der Waals surface area (Å²) in [6.07, 6.45) is 1.83. The fourth-order valence-electron chi connectivity index (χ4n) is 2.45. The Morgan fingerprint density at radius 1 is 1.12 bits per heavy atom. The molecule has 0 fully saturated rings. The summed E-state index contributed by atoms with van der Waals surface area (Å²) in [6.45, 7) is 6.96. The Bertz CT molecular complexity index is 530. The summed E-state index contributed by atoms with van der Waals surface area (Å²) in [4.78, 5) is 4.43. The minimum atomic E-state index is 0.581. The van der Waals surface area contributed by atoms with Crippen LogP contribution in [0.15, 0.2) is 30.5 Å². The standard InChI is InChI=1S/C15H18N2/c1-10-8-11(2)15(12(3)13(10)9-16)14-6-4-5-7-17-14/h4-8H,9,16H2,1-3H3. The molecule has 0 spiro atoms. The molecule has 0 radical (unpaired) electrons. The van der Waals surface area contributed by atoms with Gasteiger partial charge >= 0.3 is 0 Å². The van der Waals surface area contributed by atoms with Gasteiger partial charge in [0, 0.05) is 18.3 Å². The molecule has 1 aromatic heterocycles. The van der Waals surface area contributed by atoms with Crippen LogP contribution in [0.3, 0.4) is 0 Å². The Morgan fingerprint density at radius 2 is 1.88 bits per heavy atom. The van der Waals surface area contributed by atoms with E-state index in [1.165, 1.54) is 27.8 Å². The first-order chi connectivity index (χ1) is 8.15. The number of benzene rings is 1. The zero-order valence-corrected chi connectivity index (χ0v) is 10.6. The van der Waals surface area contributed by atoms with Crippen LogP contribution >= 0.6 is 0 Å². The Labute approximate surface area is 103 Å². The Balaban J connectivity index is 2.70. The van der Waals surface area contributed by atoms with E-state index >= 15 is 0 Å². The molecule has 0 saturated carbocycles. The van der Waals surface area contributed by atoms with Crippen LogP contribution in [0.4, 0.5) is 0 Å². The molecule has 2 heteroatoms. The summed E-state index contributed by atoms with van der Waals surface area (Å²) in [5, 5.41) is 0. The van der Waals surface area contributed by atoms with Crippen LogP contribution < -0.4 is 5.73 Å². The largest absolute Gasteiger partial charge is 0.326 e. The number of hydrogen-bond acceptors (Lipinski definition) is 2. The molecule has 17 heavy (non-hydrogen) atoms. The van der Waals surface area contributed by atoms with Crippen LogP contribution in [0.2, 0.25) is 0 Å². The van der Waals surface area contributed by atoms with E-state index in [1.54, 1.807) is 0 Å². The summed E-state index contributed by atoms with van der Waals surface area (Å²) >= 11 is 0. The molecule has 1 aromatic carbocycles. The first-order valence-electron chi connectivity index (χ1n) is 5.86. The van der Waals surface area contributed by atoms with E-state index in [1.807, 2.05) is 24.4 Å². The Kier molecular flexibility index (Phi) is 3.25. The summed E-state index contributed by atoms with van der Waals surface area (Å²) in [6, 6.07) is 8.19. The third-order valence-corrected chi connectivity index (χ3v) is 3.26. The monoisotopic (exact) mass is 226 g/mol. The molecule has 0 saturated heterocycles. The maximum absolute atomic E-state index is 5.83. The van der Waals surface area contributed by atoms with Gasteiger partial charge in [-0.05, 0) is 55.2 Å². The highest BCUT2D eigenvalue weighted by atomic mass is 14.7.